The van der Waals surface area contributed by atoms with E-state index in [0.717, 1.165) is 4.90 Å². The molecule has 0 aliphatic heterocycles. The van der Waals surface area contributed by atoms with E-state index in [-0.39, 0.29) is 24.5 Å². The summed E-state index contributed by atoms with van der Waals surface area (Å²) in [5, 5.41) is 19.8. The standard InChI is InChI=1S/C14H17NO5S/c16-12(15-7-1-2-13(17)18)9-21-11-5-3-10(4-6-11)8-14(19)20/h3-6H,1-2,7-9H2,(H,15,16)(H,17,18)(H,19,20). The number of rotatable bonds is 9. The van der Waals surface area contributed by atoms with Gasteiger partial charge in [-0.3, -0.25) is 14.4 Å². The van der Waals surface area contributed by atoms with Crippen LogP contribution in [0.15, 0.2) is 29.2 Å². The number of carbonyl (C=O) groups excluding carboxylic acids is 1. The number of benzene rings is 1. The highest BCUT2D eigenvalue weighted by Gasteiger charge is 2.04. The summed E-state index contributed by atoms with van der Waals surface area (Å²) in [7, 11) is 0. The Balaban J connectivity index is 2.26. The first-order chi connectivity index (χ1) is 9.97. The zero-order chi connectivity index (χ0) is 15.7. The Morgan fingerprint density at radius 3 is 2.29 bits per heavy atom. The monoisotopic (exact) mass is 311 g/mol. The maximum absolute atomic E-state index is 11.5. The Kier molecular flexibility index (Phi) is 7.31. The van der Waals surface area contributed by atoms with Gasteiger partial charge in [0.2, 0.25) is 5.91 Å². The molecule has 0 saturated carbocycles. The number of amides is 1. The van der Waals surface area contributed by atoms with Crippen LogP contribution in [0.3, 0.4) is 0 Å². The van der Waals surface area contributed by atoms with Crippen LogP contribution < -0.4 is 5.32 Å². The summed E-state index contributed by atoms with van der Waals surface area (Å²) in [4.78, 5) is 33.2. The van der Waals surface area contributed by atoms with Gasteiger partial charge in [-0.15, -0.1) is 11.8 Å². The van der Waals surface area contributed by atoms with E-state index in [1.807, 2.05) is 0 Å². The van der Waals surface area contributed by atoms with Gasteiger partial charge in [-0.05, 0) is 24.1 Å². The molecule has 0 radical (unpaired) electrons. The number of aliphatic carboxylic acids is 2. The highest BCUT2D eigenvalue weighted by Crippen LogP contribution is 2.18. The smallest absolute Gasteiger partial charge is 0.307 e. The maximum Gasteiger partial charge on any atom is 0.307 e. The average Bonchev–Trinajstić information content (AvgIpc) is 2.42. The fraction of sp³-hybridized carbons (Fsp3) is 0.357. The molecule has 21 heavy (non-hydrogen) atoms. The van der Waals surface area contributed by atoms with Crippen LogP contribution in [0.25, 0.3) is 0 Å². The Bertz CT molecular complexity index is 501. The van der Waals surface area contributed by atoms with Crippen molar-refractivity contribution < 1.29 is 24.6 Å². The molecule has 1 amide bonds. The summed E-state index contributed by atoms with van der Waals surface area (Å²) < 4.78 is 0. The van der Waals surface area contributed by atoms with Crippen LogP contribution in [-0.2, 0) is 20.8 Å². The van der Waals surface area contributed by atoms with Crippen LogP contribution >= 0.6 is 11.8 Å². The third-order valence-corrected chi connectivity index (χ3v) is 3.55. The Labute approximate surface area is 126 Å². The zero-order valence-electron chi connectivity index (χ0n) is 11.4. The van der Waals surface area contributed by atoms with E-state index in [1.165, 1.54) is 11.8 Å². The van der Waals surface area contributed by atoms with Gasteiger partial charge in [0.1, 0.15) is 0 Å². The van der Waals surface area contributed by atoms with Crippen molar-refractivity contribution in [3.63, 3.8) is 0 Å². The summed E-state index contributed by atoms with van der Waals surface area (Å²) in [6.45, 7) is 0.350. The highest BCUT2D eigenvalue weighted by molar-refractivity contribution is 8.00. The quantitative estimate of drug-likeness (QED) is 0.470. The number of nitrogens with one attached hydrogen (secondary N) is 1. The lowest BCUT2D eigenvalue weighted by Crippen LogP contribution is -2.26. The van der Waals surface area contributed by atoms with Crippen molar-refractivity contribution in [2.75, 3.05) is 12.3 Å². The van der Waals surface area contributed by atoms with Gasteiger partial charge in [-0.25, -0.2) is 0 Å². The summed E-state index contributed by atoms with van der Waals surface area (Å²) in [6.07, 6.45) is 0.434. The van der Waals surface area contributed by atoms with Gasteiger partial charge < -0.3 is 15.5 Å². The summed E-state index contributed by atoms with van der Waals surface area (Å²) in [5.74, 6) is -1.66. The molecule has 0 unspecified atom stereocenters. The Morgan fingerprint density at radius 2 is 1.71 bits per heavy atom. The second kappa shape index (κ2) is 9.02. The van der Waals surface area contributed by atoms with Gasteiger partial charge >= 0.3 is 11.9 Å². The number of carbonyl (C=O) groups is 3. The summed E-state index contributed by atoms with van der Waals surface area (Å²) in [6, 6.07) is 7.00. The number of thioether (sulfide) groups is 1. The van der Waals surface area contributed by atoms with Gasteiger partial charge in [0, 0.05) is 17.9 Å². The van der Waals surface area contributed by atoms with Crippen molar-refractivity contribution >= 4 is 29.6 Å². The van der Waals surface area contributed by atoms with Crippen LogP contribution in [0.4, 0.5) is 0 Å². The molecule has 1 aromatic rings. The molecule has 0 fully saturated rings. The molecule has 0 aliphatic rings. The predicted octanol–water partition coefficient (Wildman–Crippen LogP) is 1.39. The molecule has 0 saturated heterocycles. The maximum atomic E-state index is 11.5. The van der Waals surface area contributed by atoms with Crippen molar-refractivity contribution in [2.24, 2.45) is 0 Å². The van der Waals surface area contributed by atoms with E-state index in [1.54, 1.807) is 24.3 Å². The fourth-order valence-electron chi connectivity index (χ4n) is 1.55. The molecular formula is C14H17NO5S. The minimum absolute atomic E-state index is 0.0188. The Morgan fingerprint density at radius 1 is 1.05 bits per heavy atom. The SMILES string of the molecule is O=C(O)CCCNC(=O)CSc1ccc(CC(=O)O)cc1. The summed E-state index contributed by atoms with van der Waals surface area (Å²) in [5.41, 5.74) is 0.713. The number of hydrogen-bond acceptors (Lipinski definition) is 4. The molecule has 0 aliphatic carbocycles. The van der Waals surface area contributed by atoms with Crippen LogP contribution in [0.5, 0.6) is 0 Å². The van der Waals surface area contributed by atoms with Gasteiger partial charge in [0.15, 0.2) is 0 Å². The lowest BCUT2D eigenvalue weighted by atomic mass is 10.2. The molecule has 3 N–H and O–H groups in total. The number of carboxylic acid groups (broad SMARTS) is 2. The number of carboxylic acids is 2. The number of hydrogen-bond donors (Lipinski definition) is 3. The third kappa shape index (κ3) is 7.98. The van der Waals surface area contributed by atoms with E-state index in [4.69, 9.17) is 10.2 Å². The Hall–Kier alpha value is -2.02. The van der Waals surface area contributed by atoms with E-state index in [9.17, 15) is 14.4 Å². The van der Waals surface area contributed by atoms with Gasteiger partial charge in [0.25, 0.3) is 0 Å². The second-order valence-electron chi connectivity index (χ2n) is 4.35. The minimum atomic E-state index is -0.879. The first kappa shape index (κ1) is 17.0. The van der Waals surface area contributed by atoms with Crippen molar-refractivity contribution in [3.05, 3.63) is 29.8 Å². The molecule has 0 aromatic heterocycles. The molecule has 1 aromatic carbocycles. The molecule has 0 spiro atoms. The lowest BCUT2D eigenvalue weighted by molar-refractivity contribution is -0.137. The highest BCUT2D eigenvalue weighted by atomic mass is 32.2. The van der Waals surface area contributed by atoms with Crippen LogP contribution in [0.2, 0.25) is 0 Å². The van der Waals surface area contributed by atoms with E-state index >= 15 is 0 Å². The van der Waals surface area contributed by atoms with Crippen molar-refractivity contribution in [3.8, 4) is 0 Å². The minimum Gasteiger partial charge on any atom is -0.481 e. The molecular weight excluding hydrogens is 294 g/mol. The fourth-order valence-corrected chi connectivity index (χ4v) is 2.27. The van der Waals surface area contributed by atoms with Crippen molar-refractivity contribution in [1.82, 2.24) is 5.32 Å². The van der Waals surface area contributed by atoms with Crippen LogP contribution in [0, 0.1) is 0 Å². The molecule has 114 valence electrons. The van der Waals surface area contributed by atoms with Gasteiger partial charge in [-0.2, -0.15) is 0 Å². The van der Waals surface area contributed by atoms with Crippen LogP contribution in [0.1, 0.15) is 18.4 Å². The molecule has 1 rings (SSSR count). The van der Waals surface area contributed by atoms with E-state index < -0.39 is 11.9 Å². The third-order valence-electron chi connectivity index (χ3n) is 2.54. The predicted molar refractivity (Wildman–Crippen MR) is 78.4 cm³/mol. The largest absolute Gasteiger partial charge is 0.481 e. The van der Waals surface area contributed by atoms with Crippen molar-refractivity contribution in [1.29, 1.82) is 0 Å². The molecule has 0 heterocycles. The van der Waals surface area contributed by atoms with Gasteiger partial charge in [-0.1, -0.05) is 12.1 Å². The zero-order valence-corrected chi connectivity index (χ0v) is 12.2. The first-order valence-electron chi connectivity index (χ1n) is 6.39. The summed E-state index contributed by atoms with van der Waals surface area (Å²) >= 11 is 1.34. The average molecular weight is 311 g/mol. The molecule has 6 nitrogen and oxygen atoms in total. The van der Waals surface area contributed by atoms with E-state index in [2.05, 4.69) is 5.32 Å². The normalized spacial score (nSPS) is 10.1. The lowest BCUT2D eigenvalue weighted by Gasteiger charge is -2.05. The molecule has 0 atom stereocenters. The topological polar surface area (TPSA) is 104 Å². The molecule has 0 bridgehead atoms. The first-order valence-corrected chi connectivity index (χ1v) is 7.38. The van der Waals surface area contributed by atoms with Crippen molar-refractivity contribution in [2.45, 2.75) is 24.2 Å². The molecule has 7 heteroatoms. The van der Waals surface area contributed by atoms with E-state index in [0.29, 0.717) is 18.5 Å². The second-order valence-corrected chi connectivity index (χ2v) is 5.40. The van der Waals surface area contributed by atoms with Gasteiger partial charge in [0.05, 0.1) is 12.2 Å². The van der Waals surface area contributed by atoms with Crippen LogP contribution in [-0.4, -0.2) is 40.4 Å².